The Hall–Kier alpha value is -4.64. The van der Waals surface area contributed by atoms with Gasteiger partial charge in [0.15, 0.2) is 0 Å². The molecular formula is C34H27F6N3O2. The number of fused-ring (bicyclic) bond motifs is 1. The molecule has 0 saturated carbocycles. The Morgan fingerprint density at radius 3 is 2.16 bits per heavy atom. The number of alkyl halides is 3. The quantitative estimate of drug-likeness (QED) is 0.177. The molecule has 1 aliphatic heterocycles. The predicted octanol–water partition coefficient (Wildman–Crippen LogP) is 7.45. The highest BCUT2D eigenvalue weighted by molar-refractivity contribution is 5.96. The van der Waals surface area contributed by atoms with Gasteiger partial charge >= 0.3 is 6.18 Å². The van der Waals surface area contributed by atoms with Crippen LogP contribution in [0.25, 0.3) is 22.2 Å². The third-order valence-electron chi connectivity index (χ3n) is 7.86. The fourth-order valence-corrected chi connectivity index (χ4v) is 5.64. The number of amides is 1. The van der Waals surface area contributed by atoms with E-state index in [1.807, 2.05) is 24.3 Å². The summed E-state index contributed by atoms with van der Waals surface area (Å²) in [7, 11) is 0. The van der Waals surface area contributed by atoms with Crippen molar-refractivity contribution in [3.05, 3.63) is 124 Å². The molecule has 45 heavy (non-hydrogen) atoms. The molecular weight excluding hydrogens is 596 g/mol. The molecule has 4 aromatic carbocycles. The van der Waals surface area contributed by atoms with Gasteiger partial charge in [0, 0.05) is 47.3 Å². The summed E-state index contributed by atoms with van der Waals surface area (Å²) in [6.07, 6.45) is -3.59. The fraction of sp³-hybridized carbons (Fsp3) is 0.235. The van der Waals surface area contributed by atoms with Gasteiger partial charge in [-0.15, -0.1) is 0 Å². The molecule has 0 radical (unpaired) electrons. The van der Waals surface area contributed by atoms with Crippen molar-refractivity contribution >= 4 is 16.8 Å². The van der Waals surface area contributed by atoms with Crippen LogP contribution in [-0.2, 0) is 30.3 Å². The molecule has 0 spiro atoms. The Bertz CT molecular complexity index is 1860. The molecule has 0 bridgehead atoms. The molecule has 5 aromatic rings. The van der Waals surface area contributed by atoms with Gasteiger partial charge in [-0.05, 0) is 48.2 Å². The topological polar surface area (TPSA) is 47.4 Å². The molecule has 1 fully saturated rings. The van der Waals surface area contributed by atoms with Crippen molar-refractivity contribution in [1.29, 1.82) is 0 Å². The van der Waals surface area contributed by atoms with E-state index in [-0.39, 0.29) is 22.5 Å². The van der Waals surface area contributed by atoms with Crippen LogP contribution in [0.15, 0.2) is 78.9 Å². The van der Waals surface area contributed by atoms with E-state index in [0.717, 1.165) is 21.9 Å². The highest BCUT2D eigenvalue weighted by Crippen LogP contribution is 2.38. The lowest BCUT2D eigenvalue weighted by molar-refractivity contribution is -0.136. The summed E-state index contributed by atoms with van der Waals surface area (Å²) < 4.78 is 91.1. The largest absolute Gasteiger partial charge is 0.418 e. The van der Waals surface area contributed by atoms with E-state index >= 15 is 0 Å². The van der Waals surface area contributed by atoms with Crippen molar-refractivity contribution in [2.24, 2.45) is 0 Å². The number of carbonyl (C=O) groups is 1. The van der Waals surface area contributed by atoms with Gasteiger partial charge in [-0.25, -0.2) is 13.2 Å². The summed E-state index contributed by atoms with van der Waals surface area (Å²) in [4.78, 5) is 14.7. The number of aromatic nitrogens is 2. The van der Waals surface area contributed by atoms with Gasteiger partial charge < -0.3 is 9.64 Å². The molecule has 1 amide bonds. The van der Waals surface area contributed by atoms with Crippen LogP contribution in [0.5, 0.6) is 0 Å². The molecule has 5 nitrogen and oxygen atoms in total. The van der Waals surface area contributed by atoms with E-state index in [1.165, 1.54) is 12.1 Å². The third-order valence-corrected chi connectivity index (χ3v) is 7.86. The van der Waals surface area contributed by atoms with Crippen LogP contribution in [-0.4, -0.2) is 46.9 Å². The number of aryl methyl sites for hydroxylation is 2. The van der Waals surface area contributed by atoms with Crippen LogP contribution in [0.2, 0.25) is 0 Å². The molecule has 0 N–H and O–H groups in total. The van der Waals surface area contributed by atoms with E-state index in [4.69, 9.17) is 4.74 Å². The maximum Gasteiger partial charge on any atom is 0.418 e. The summed E-state index contributed by atoms with van der Waals surface area (Å²) in [5.74, 6) is -3.51. The number of ether oxygens (including phenoxy) is 1. The maximum absolute atomic E-state index is 14.6. The van der Waals surface area contributed by atoms with Crippen LogP contribution >= 0.6 is 0 Å². The summed E-state index contributed by atoms with van der Waals surface area (Å²) in [5, 5.41) is 4.32. The smallest absolute Gasteiger partial charge is 0.378 e. The number of morpholine rings is 1. The molecule has 0 atom stereocenters. The highest BCUT2D eigenvalue weighted by atomic mass is 19.4. The number of hydrogen-bond donors (Lipinski definition) is 0. The molecule has 1 aliphatic rings. The lowest BCUT2D eigenvalue weighted by atomic mass is 9.98. The van der Waals surface area contributed by atoms with Crippen molar-refractivity contribution < 1.29 is 35.9 Å². The minimum Gasteiger partial charge on any atom is -0.378 e. The zero-order valence-corrected chi connectivity index (χ0v) is 23.9. The van der Waals surface area contributed by atoms with Crippen LogP contribution in [0.4, 0.5) is 26.3 Å². The second-order valence-corrected chi connectivity index (χ2v) is 10.9. The van der Waals surface area contributed by atoms with E-state index in [9.17, 15) is 31.1 Å². The van der Waals surface area contributed by atoms with Crippen LogP contribution < -0.4 is 0 Å². The fourth-order valence-electron chi connectivity index (χ4n) is 5.64. The standard InChI is InChI=1S/C34H27F6N3O2/c35-25-18-29(36)27(30(37)19-25)20-43-32(26-8-3-9-28(31(26)41-43)34(38,39)40)23-6-1-4-21(16-23)10-11-22-5-2-7-24(17-22)33(44)42-12-14-45-15-13-42/h1-9,16-19H,10-15,20H2. The Morgan fingerprint density at radius 2 is 1.47 bits per heavy atom. The summed E-state index contributed by atoms with van der Waals surface area (Å²) in [6, 6.07) is 19.2. The summed E-state index contributed by atoms with van der Waals surface area (Å²) >= 11 is 0. The number of benzene rings is 4. The number of rotatable bonds is 7. The Labute approximate surface area is 254 Å². The van der Waals surface area contributed by atoms with Crippen LogP contribution in [0.3, 0.4) is 0 Å². The molecule has 2 heterocycles. The molecule has 1 saturated heterocycles. The van der Waals surface area contributed by atoms with E-state index in [0.29, 0.717) is 62.4 Å². The van der Waals surface area contributed by atoms with Gasteiger partial charge in [0.2, 0.25) is 0 Å². The average molecular weight is 624 g/mol. The molecule has 0 aliphatic carbocycles. The first-order valence-electron chi connectivity index (χ1n) is 14.3. The van der Waals surface area contributed by atoms with E-state index < -0.39 is 41.3 Å². The Morgan fingerprint density at radius 1 is 0.822 bits per heavy atom. The zero-order chi connectivity index (χ0) is 31.7. The molecule has 1 aromatic heterocycles. The Kier molecular flexibility index (Phi) is 8.37. The average Bonchev–Trinajstić information content (AvgIpc) is 3.40. The normalized spacial score (nSPS) is 13.9. The van der Waals surface area contributed by atoms with Crippen molar-refractivity contribution in [3.63, 3.8) is 0 Å². The van der Waals surface area contributed by atoms with Crippen molar-refractivity contribution in [1.82, 2.24) is 14.7 Å². The number of hydrogen-bond acceptors (Lipinski definition) is 3. The van der Waals surface area contributed by atoms with Gasteiger partial charge in [-0.1, -0.05) is 42.5 Å². The summed E-state index contributed by atoms with van der Waals surface area (Å²) in [6.45, 7) is 1.51. The van der Waals surface area contributed by atoms with Crippen molar-refractivity contribution in [2.75, 3.05) is 26.3 Å². The molecule has 11 heteroatoms. The van der Waals surface area contributed by atoms with Gasteiger partial charge in [-0.2, -0.15) is 18.3 Å². The van der Waals surface area contributed by atoms with E-state index in [2.05, 4.69) is 5.10 Å². The maximum atomic E-state index is 14.6. The first-order valence-corrected chi connectivity index (χ1v) is 14.3. The van der Waals surface area contributed by atoms with Gasteiger partial charge in [0.05, 0.1) is 31.0 Å². The second kappa shape index (κ2) is 12.4. The van der Waals surface area contributed by atoms with Crippen molar-refractivity contribution in [2.45, 2.75) is 25.6 Å². The summed E-state index contributed by atoms with van der Waals surface area (Å²) in [5.41, 5.74) is 1.22. The lowest BCUT2D eigenvalue weighted by Crippen LogP contribution is -2.40. The number of halogens is 6. The SMILES string of the molecule is O=C(c1cccc(CCc2cccc(-c3c4cccc(C(F)(F)F)c4nn3Cc3c(F)cc(F)cc3F)c2)c1)N1CCOCC1. The van der Waals surface area contributed by atoms with E-state index in [1.54, 1.807) is 29.2 Å². The second-order valence-electron chi connectivity index (χ2n) is 10.9. The minimum absolute atomic E-state index is 0.0606. The lowest BCUT2D eigenvalue weighted by Gasteiger charge is -2.27. The molecule has 0 unspecified atom stereocenters. The third kappa shape index (κ3) is 6.44. The van der Waals surface area contributed by atoms with Crippen LogP contribution in [0, 0.1) is 17.5 Å². The minimum atomic E-state index is -4.72. The van der Waals surface area contributed by atoms with Gasteiger partial charge in [0.1, 0.15) is 23.0 Å². The first kappa shape index (κ1) is 30.4. The van der Waals surface area contributed by atoms with Gasteiger partial charge in [0.25, 0.3) is 5.91 Å². The first-order chi connectivity index (χ1) is 21.6. The monoisotopic (exact) mass is 623 g/mol. The van der Waals surface area contributed by atoms with Crippen LogP contribution in [0.1, 0.15) is 32.6 Å². The number of nitrogens with zero attached hydrogens (tertiary/aromatic N) is 3. The molecule has 232 valence electrons. The number of carbonyl (C=O) groups excluding carboxylic acids is 1. The Balaban J connectivity index is 1.33. The highest BCUT2D eigenvalue weighted by Gasteiger charge is 2.35. The van der Waals surface area contributed by atoms with Crippen molar-refractivity contribution in [3.8, 4) is 11.3 Å². The predicted molar refractivity (Wildman–Crippen MR) is 156 cm³/mol. The van der Waals surface area contributed by atoms with Gasteiger partial charge in [-0.3, -0.25) is 9.48 Å². The zero-order valence-electron chi connectivity index (χ0n) is 23.9. The molecule has 6 rings (SSSR count).